The number of hydrogen-bond acceptors (Lipinski definition) is 4. The molecule has 2 aromatic rings. The molecule has 110 valence electrons. The van der Waals surface area contributed by atoms with Crippen molar-refractivity contribution >= 4 is 17.3 Å². The third kappa shape index (κ3) is 3.19. The number of rotatable bonds is 4. The molecule has 1 unspecified atom stereocenters. The quantitative estimate of drug-likeness (QED) is 0.692. The number of amides is 1. The summed E-state index contributed by atoms with van der Waals surface area (Å²) >= 11 is 0. The standard InChI is InChI=1S/C12H10F2N4O3/c1-7(17-6-9(5-15-17)18(20)21)12(19)16-8-2-3-10(13)11(14)4-8/h2-7H,1H3,(H,16,19). The van der Waals surface area contributed by atoms with E-state index in [2.05, 4.69) is 10.4 Å². The van der Waals surface area contributed by atoms with Gasteiger partial charge in [-0.25, -0.2) is 8.78 Å². The maximum absolute atomic E-state index is 13.0. The Morgan fingerprint density at radius 2 is 2.14 bits per heavy atom. The average Bonchev–Trinajstić information content (AvgIpc) is 2.92. The van der Waals surface area contributed by atoms with Crippen LogP contribution in [-0.2, 0) is 4.79 Å². The summed E-state index contributed by atoms with van der Waals surface area (Å²) in [5.74, 6) is -2.68. The summed E-state index contributed by atoms with van der Waals surface area (Å²) in [5, 5.41) is 16.6. The minimum absolute atomic E-state index is 0.0763. The third-order valence-electron chi connectivity index (χ3n) is 2.76. The maximum atomic E-state index is 13.0. The van der Waals surface area contributed by atoms with Crippen LogP contribution in [0, 0.1) is 21.7 Å². The van der Waals surface area contributed by atoms with Crippen LogP contribution in [0.15, 0.2) is 30.6 Å². The first-order valence-corrected chi connectivity index (χ1v) is 5.83. The summed E-state index contributed by atoms with van der Waals surface area (Å²) in [6.07, 6.45) is 2.12. The largest absolute Gasteiger partial charge is 0.324 e. The van der Waals surface area contributed by atoms with Gasteiger partial charge in [-0.05, 0) is 19.1 Å². The average molecular weight is 296 g/mol. The Kier molecular flexibility index (Phi) is 3.92. The summed E-state index contributed by atoms with van der Waals surface area (Å²) in [6.45, 7) is 1.46. The molecule has 1 aromatic heterocycles. The highest BCUT2D eigenvalue weighted by Crippen LogP contribution is 2.17. The molecule has 0 fully saturated rings. The van der Waals surface area contributed by atoms with E-state index in [4.69, 9.17) is 0 Å². The van der Waals surface area contributed by atoms with Gasteiger partial charge in [-0.1, -0.05) is 0 Å². The molecule has 1 N–H and O–H groups in total. The zero-order valence-corrected chi connectivity index (χ0v) is 10.8. The molecule has 7 nitrogen and oxygen atoms in total. The summed E-state index contributed by atoms with van der Waals surface area (Å²) in [7, 11) is 0. The van der Waals surface area contributed by atoms with E-state index in [-0.39, 0.29) is 11.4 Å². The first kappa shape index (κ1) is 14.6. The molecule has 0 aliphatic heterocycles. The van der Waals surface area contributed by atoms with Crippen molar-refractivity contribution in [3.8, 4) is 0 Å². The van der Waals surface area contributed by atoms with E-state index >= 15 is 0 Å². The van der Waals surface area contributed by atoms with Gasteiger partial charge < -0.3 is 5.32 Å². The van der Waals surface area contributed by atoms with E-state index in [1.807, 2.05) is 0 Å². The molecule has 0 aliphatic carbocycles. The molecule has 1 heterocycles. The van der Waals surface area contributed by atoms with Crippen molar-refractivity contribution in [3.05, 3.63) is 52.3 Å². The van der Waals surface area contributed by atoms with Crippen LogP contribution in [0.25, 0.3) is 0 Å². The van der Waals surface area contributed by atoms with E-state index in [0.717, 1.165) is 29.2 Å². The van der Waals surface area contributed by atoms with Gasteiger partial charge in [0.15, 0.2) is 11.6 Å². The van der Waals surface area contributed by atoms with Crippen molar-refractivity contribution in [3.63, 3.8) is 0 Å². The van der Waals surface area contributed by atoms with Crippen molar-refractivity contribution in [1.29, 1.82) is 0 Å². The summed E-state index contributed by atoms with van der Waals surface area (Å²) in [4.78, 5) is 21.8. The highest BCUT2D eigenvalue weighted by atomic mass is 19.2. The molecule has 21 heavy (non-hydrogen) atoms. The number of hydrogen-bond donors (Lipinski definition) is 1. The van der Waals surface area contributed by atoms with Gasteiger partial charge in [0, 0.05) is 11.8 Å². The van der Waals surface area contributed by atoms with Gasteiger partial charge >= 0.3 is 5.69 Å². The van der Waals surface area contributed by atoms with Gasteiger partial charge in [0.25, 0.3) is 0 Å². The molecule has 1 atom stereocenters. The van der Waals surface area contributed by atoms with Crippen molar-refractivity contribution in [2.45, 2.75) is 13.0 Å². The zero-order valence-electron chi connectivity index (χ0n) is 10.8. The Balaban J connectivity index is 2.11. The molecule has 0 radical (unpaired) electrons. The van der Waals surface area contributed by atoms with E-state index in [1.165, 1.54) is 13.0 Å². The van der Waals surface area contributed by atoms with Crippen LogP contribution in [-0.4, -0.2) is 20.6 Å². The van der Waals surface area contributed by atoms with Gasteiger partial charge in [0.1, 0.15) is 18.4 Å². The number of nitrogens with one attached hydrogen (secondary N) is 1. The molecule has 0 bridgehead atoms. The van der Waals surface area contributed by atoms with Crippen molar-refractivity contribution in [2.75, 3.05) is 5.32 Å². The predicted molar refractivity (Wildman–Crippen MR) is 68.6 cm³/mol. The maximum Gasteiger partial charge on any atom is 0.307 e. The molecule has 0 aliphatic rings. The topological polar surface area (TPSA) is 90.1 Å². The van der Waals surface area contributed by atoms with E-state index in [9.17, 15) is 23.7 Å². The second-order valence-electron chi connectivity index (χ2n) is 4.23. The zero-order chi connectivity index (χ0) is 15.6. The Morgan fingerprint density at radius 1 is 1.43 bits per heavy atom. The van der Waals surface area contributed by atoms with Gasteiger partial charge in [0.2, 0.25) is 5.91 Å². The molecular formula is C12H10F2N4O3. The van der Waals surface area contributed by atoms with Crippen LogP contribution in [0.5, 0.6) is 0 Å². The normalized spacial score (nSPS) is 12.0. The lowest BCUT2D eigenvalue weighted by molar-refractivity contribution is -0.385. The van der Waals surface area contributed by atoms with Crippen LogP contribution in [0.4, 0.5) is 20.2 Å². The fraction of sp³-hybridized carbons (Fsp3) is 0.167. The van der Waals surface area contributed by atoms with E-state index < -0.39 is 28.5 Å². The monoisotopic (exact) mass is 296 g/mol. The third-order valence-corrected chi connectivity index (χ3v) is 2.76. The molecular weight excluding hydrogens is 286 g/mol. The number of carbonyl (C=O) groups is 1. The van der Waals surface area contributed by atoms with E-state index in [0.29, 0.717) is 0 Å². The lowest BCUT2D eigenvalue weighted by Gasteiger charge is -2.12. The molecule has 2 rings (SSSR count). The van der Waals surface area contributed by atoms with Crippen molar-refractivity contribution < 1.29 is 18.5 Å². The first-order valence-electron chi connectivity index (χ1n) is 5.83. The number of nitrogens with zero attached hydrogens (tertiary/aromatic N) is 3. The minimum Gasteiger partial charge on any atom is -0.324 e. The number of halogens is 2. The highest BCUT2D eigenvalue weighted by molar-refractivity contribution is 5.93. The van der Waals surface area contributed by atoms with Crippen LogP contribution in [0.1, 0.15) is 13.0 Å². The number of benzene rings is 1. The Bertz CT molecular complexity index is 702. The number of carbonyl (C=O) groups excluding carboxylic acids is 1. The molecule has 9 heteroatoms. The predicted octanol–water partition coefficient (Wildman–Crippen LogP) is 2.27. The van der Waals surface area contributed by atoms with Crippen LogP contribution >= 0.6 is 0 Å². The lowest BCUT2D eigenvalue weighted by Crippen LogP contribution is -2.24. The Labute approximate surface area is 117 Å². The summed E-state index contributed by atoms with van der Waals surface area (Å²) in [6, 6.07) is 2.07. The molecule has 0 spiro atoms. The number of anilines is 1. The van der Waals surface area contributed by atoms with Crippen molar-refractivity contribution in [2.24, 2.45) is 0 Å². The fourth-order valence-electron chi connectivity index (χ4n) is 1.57. The molecule has 0 saturated heterocycles. The van der Waals surface area contributed by atoms with E-state index in [1.54, 1.807) is 0 Å². The highest BCUT2D eigenvalue weighted by Gasteiger charge is 2.19. The Hall–Kier alpha value is -2.84. The van der Waals surface area contributed by atoms with Gasteiger partial charge in [-0.3, -0.25) is 19.6 Å². The van der Waals surface area contributed by atoms with Gasteiger partial charge in [0.05, 0.1) is 4.92 Å². The second-order valence-corrected chi connectivity index (χ2v) is 4.23. The smallest absolute Gasteiger partial charge is 0.307 e. The first-order chi connectivity index (χ1) is 9.88. The van der Waals surface area contributed by atoms with Crippen LogP contribution in [0.3, 0.4) is 0 Å². The Morgan fingerprint density at radius 3 is 2.71 bits per heavy atom. The summed E-state index contributed by atoms with van der Waals surface area (Å²) in [5.41, 5.74) is -0.171. The van der Waals surface area contributed by atoms with Gasteiger partial charge in [-0.2, -0.15) is 5.10 Å². The second kappa shape index (κ2) is 5.65. The van der Waals surface area contributed by atoms with Crippen LogP contribution in [0.2, 0.25) is 0 Å². The van der Waals surface area contributed by atoms with Crippen molar-refractivity contribution in [1.82, 2.24) is 9.78 Å². The molecule has 0 saturated carbocycles. The van der Waals surface area contributed by atoms with Crippen LogP contribution < -0.4 is 5.32 Å². The molecule has 1 aromatic carbocycles. The number of nitro groups is 1. The lowest BCUT2D eigenvalue weighted by atomic mass is 10.2. The molecule has 1 amide bonds. The summed E-state index contributed by atoms with van der Waals surface area (Å²) < 4.78 is 26.9. The fourth-order valence-corrected chi connectivity index (χ4v) is 1.57. The minimum atomic E-state index is -1.09. The number of aromatic nitrogens is 2. The SMILES string of the molecule is CC(C(=O)Nc1ccc(F)c(F)c1)n1cc([N+](=O)[O-])cn1. The van der Waals surface area contributed by atoms with Gasteiger partial charge in [-0.15, -0.1) is 0 Å².